The van der Waals surface area contributed by atoms with E-state index in [4.69, 9.17) is 5.73 Å². The second-order valence-electron chi connectivity index (χ2n) is 4.76. The van der Waals surface area contributed by atoms with Gasteiger partial charge >= 0.3 is 0 Å². The molecule has 1 aliphatic heterocycles. The van der Waals surface area contributed by atoms with E-state index in [9.17, 15) is 0 Å². The molecule has 0 atom stereocenters. The number of rotatable bonds is 5. The molecule has 18 heavy (non-hydrogen) atoms. The standard InChI is InChI=1S/C13H23N5/c1-2-3-12-10-15-13(16-11-12)18-8-6-17(5-4-14)7-9-18/h10-11H,2-9,14H2,1H3. The van der Waals surface area contributed by atoms with Gasteiger partial charge in [0, 0.05) is 51.7 Å². The maximum atomic E-state index is 5.57. The number of hydrogen-bond acceptors (Lipinski definition) is 5. The van der Waals surface area contributed by atoms with E-state index in [0.717, 1.165) is 58.1 Å². The highest BCUT2D eigenvalue weighted by molar-refractivity contribution is 5.30. The SMILES string of the molecule is CCCc1cnc(N2CCN(CCN)CC2)nc1. The van der Waals surface area contributed by atoms with E-state index < -0.39 is 0 Å². The van der Waals surface area contributed by atoms with Crippen LogP contribution in [0.4, 0.5) is 5.95 Å². The molecule has 0 radical (unpaired) electrons. The number of nitrogens with two attached hydrogens (primary N) is 1. The molecule has 0 bridgehead atoms. The van der Waals surface area contributed by atoms with Gasteiger partial charge in [-0.15, -0.1) is 0 Å². The van der Waals surface area contributed by atoms with Gasteiger partial charge in [-0.25, -0.2) is 9.97 Å². The Hall–Kier alpha value is -1.20. The Morgan fingerprint density at radius 2 is 1.83 bits per heavy atom. The number of nitrogens with zero attached hydrogens (tertiary/aromatic N) is 4. The highest BCUT2D eigenvalue weighted by atomic mass is 15.3. The minimum absolute atomic E-state index is 0.738. The van der Waals surface area contributed by atoms with E-state index in [1.54, 1.807) is 0 Å². The van der Waals surface area contributed by atoms with Crippen LogP contribution in [-0.2, 0) is 6.42 Å². The molecular weight excluding hydrogens is 226 g/mol. The zero-order chi connectivity index (χ0) is 12.8. The van der Waals surface area contributed by atoms with Gasteiger partial charge in [0.25, 0.3) is 0 Å². The van der Waals surface area contributed by atoms with E-state index in [2.05, 4.69) is 26.7 Å². The summed E-state index contributed by atoms with van der Waals surface area (Å²) in [7, 11) is 0. The number of piperazine rings is 1. The maximum Gasteiger partial charge on any atom is 0.225 e. The molecule has 1 aromatic heterocycles. The minimum Gasteiger partial charge on any atom is -0.338 e. The fourth-order valence-corrected chi connectivity index (χ4v) is 2.28. The van der Waals surface area contributed by atoms with Gasteiger partial charge < -0.3 is 10.6 Å². The monoisotopic (exact) mass is 249 g/mol. The van der Waals surface area contributed by atoms with Crippen LogP contribution < -0.4 is 10.6 Å². The molecule has 5 nitrogen and oxygen atoms in total. The van der Waals surface area contributed by atoms with E-state index in [-0.39, 0.29) is 0 Å². The van der Waals surface area contributed by atoms with Crippen molar-refractivity contribution in [1.82, 2.24) is 14.9 Å². The van der Waals surface area contributed by atoms with E-state index in [0.29, 0.717) is 0 Å². The smallest absolute Gasteiger partial charge is 0.225 e. The van der Waals surface area contributed by atoms with Crippen LogP contribution in [0.1, 0.15) is 18.9 Å². The molecule has 2 N–H and O–H groups in total. The van der Waals surface area contributed by atoms with Crippen LogP contribution >= 0.6 is 0 Å². The zero-order valence-electron chi connectivity index (χ0n) is 11.2. The first-order valence-electron chi connectivity index (χ1n) is 6.81. The largest absolute Gasteiger partial charge is 0.338 e. The molecule has 0 spiro atoms. The average molecular weight is 249 g/mol. The van der Waals surface area contributed by atoms with Gasteiger partial charge in [0.2, 0.25) is 5.95 Å². The summed E-state index contributed by atoms with van der Waals surface area (Å²) >= 11 is 0. The van der Waals surface area contributed by atoms with Gasteiger partial charge in [0.05, 0.1) is 0 Å². The highest BCUT2D eigenvalue weighted by Gasteiger charge is 2.17. The Balaban J connectivity index is 1.89. The van der Waals surface area contributed by atoms with Crippen molar-refractivity contribution in [3.63, 3.8) is 0 Å². The third kappa shape index (κ3) is 3.40. The fourth-order valence-electron chi connectivity index (χ4n) is 2.28. The molecule has 100 valence electrons. The van der Waals surface area contributed by atoms with E-state index >= 15 is 0 Å². The lowest BCUT2D eigenvalue weighted by Crippen LogP contribution is -2.48. The highest BCUT2D eigenvalue weighted by Crippen LogP contribution is 2.11. The van der Waals surface area contributed by atoms with Crippen LogP contribution in [0.2, 0.25) is 0 Å². The normalized spacial score (nSPS) is 17.1. The number of hydrogen-bond donors (Lipinski definition) is 1. The first-order valence-corrected chi connectivity index (χ1v) is 6.81. The third-order valence-electron chi connectivity index (χ3n) is 3.33. The Kier molecular flexibility index (Phi) is 4.90. The van der Waals surface area contributed by atoms with Crippen molar-refractivity contribution < 1.29 is 0 Å². The molecule has 1 fully saturated rings. The lowest BCUT2D eigenvalue weighted by molar-refractivity contribution is 0.263. The average Bonchev–Trinajstić information content (AvgIpc) is 2.41. The van der Waals surface area contributed by atoms with Crippen LogP contribution in [0.5, 0.6) is 0 Å². The molecule has 0 amide bonds. The van der Waals surface area contributed by atoms with Gasteiger partial charge in [0.15, 0.2) is 0 Å². The summed E-state index contributed by atoms with van der Waals surface area (Å²) in [6.45, 7) is 7.99. The molecule has 5 heteroatoms. The summed E-state index contributed by atoms with van der Waals surface area (Å²) in [5, 5.41) is 0. The van der Waals surface area contributed by atoms with Gasteiger partial charge in [-0.2, -0.15) is 0 Å². The van der Waals surface area contributed by atoms with Crippen molar-refractivity contribution in [3.8, 4) is 0 Å². The topological polar surface area (TPSA) is 58.3 Å². The van der Waals surface area contributed by atoms with Gasteiger partial charge in [-0.05, 0) is 12.0 Å². The predicted octanol–water partition coefficient (Wildman–Crippen LogP) is 0.510. The van der Waals surface area contributed by atoms with Crippen molar-refractivity contribution in [2.75, 3.05) is 44.2 Å². The molecule has 1 aliphatic rings. The van der Waals surface area contributed by atoms with Gasteiger partial charge in [0.1, 0.15) is 0 Å². The third-order valence-corrected chi connectivity index (χ3v) is 3.33. The fraction of sp³-hybridized carbons (Fsp3) is 0.692. The summed E-state index contributed by atoms with van der Waals surface area (Å²) in [5.74, 6) is 0.863. The first kappa shape index (κ1) is 13.2. The molecular formula is C13H23N5. The van der Waals surface area contributed by atoms with Crippen LogP contribution in [0.15, 0.2) is 12.4 Å². The minimum atomic E-state index is 0.738. The molecule has 0 saturated carbocycles. The van der Waals surface area contributed by atoms with Crippen molar-refractivity contribution in [2.24, 2.45) is 5.73 Å². The Labute approximate surface area is 109 Å². The molecule has 2 rings (SSSR count). The van der Waals surface area contributed by atoms with Crippen molar-refractivity contribution >= 4 is 5.95 Å². The molecule has 0 unspecified atom stereocenters. The quantitative estimate of drug-likeness (QED) is 0.824. The van der Waals surface area contributed by atoms with Crippen LogP contribution in [0, 0.1) is 0 Å². The van der Waals surface area contributed by atoms with Crippen LogP contribution in [0.3, 0.4) is 0 Å². The lowest BCUT2D eigenvalue weighted by Gasteiger charge is -2.34. The summed E-state index contributed by atoms with van der Waals surface area (Å²) in [6.07, 6.45) is 6.11. The molecule has 1 aromatic rings. The second-order valence-corrected chi connectivity index (χ2v) is 4.76. The Morgan fingerprint density at radius 3 is 2.39 bits per heavy atom. The van der Waals surface area contributed by atoms with Gasteiger partial charge in [-0.3, -0.25) is 4.90 Å². The molecule has 2 heterocycles. The van der Waals surface area contributed by atoms with Crippen molar-refractivity contribution in [2.45, 2.75) is 19.8 Å². The maximum absolute atomic E-state index is 5.57. The van der Waals surface area contributed by atoms with Crippen molar-refractivity contribution in [1.29, 1.82) is 0 Å². The van der Waals surface area contributed by atoms with E-state index in [1.165, 1.54) is 5.56 Å². The lowest BCUT2D eigenvalue weighted by atomic mass is 10.2. The molecule has 0 aliphatic carbocycles. The molecule has 0 aromatic carbocycles. The number of anilines is 1. The summed E-state index contributed by atoms with van der Waals surface area (Å²) in [4.78, 5) is 13.6. The first-order chi connectivity index (χ1) is 8.83. The Morgan fingerprint density at radius 1 is 1.17 bits per heavy atom. The molecule has 1 saturated heterocycles. The van der Waals surface area contributed by atoms with Gasteiger partial charge in [-0.1, -0.05) is 13.3 Å². The second kappa shape index (κ2) is 6.66. The van der Waals surface area contributed by atoms with Crippen LogP contribution in [-0.4, -0.2) is 54.1 Å². The summed E-state index contributed by atoms with van der Waals surface area (Å²) < 4.78 is 0. The van der Waals surface area contributed by atoms with E-state index in [1.807, 2.05) is 12.4 Å². The summed E-state index contributed by atoms with van der Waals surface area (Å²) in [6, 6.07) is 0. The summed E-state index contributed by atoms with van der Waals surface area (Å²) in [5.41, 5.74) is 6.80. The van der Waals surface area contributed by atoms with Crippen LogP contribution in [0.25, 0.3) is 0 Å². The van der Waals surface area contributed by atoms with Crippen molar-refractivity contribution in [3.05, 3.63) is 18.0 Å². The number of aromatic nitrogens is 2. The number of aryl methyl sites for hydroxylation is 1. The zero-order valence-corrected chi connectivity index (χ0v) is 11.2. The predicted molar refractivity (Wildman–Crippen MR) is 73.7 cm³/mol. The Bertz CT molecular complexity index is 343.